The summed E-state index contributed by atoms with van der Waals surface area (Å²) in [4.78, 5) is 40.3. The number of benzene rings is 1. The number of hydroxylamine groups is 2. The van der Waals surface area contributed by atoms with Crippen LogP contribution in [0.25, 0.3) is 0 Å². The Kier molecular flexibility index (Phi) is 4.47. The monoisotopic (exact) mass is 375 g/mol. The van der Waals surface area contributed by atoms with Gasteiger partial charge in [-0.05, 0) is 29.5 Å². The van der Waals surface area contributed by atoms with Gasteiger partial charge in [0.05, 0.1) is 12.0 Å². The van der Waals surface area contributed by atoms with Crippen LogP contribution in [0, 0.1) is 5.92 Å². The molecule has 25 heavy (non-hydrogen) atoms. The number of carbonyl (C=O) groups excluding carboxylic acids is 3. The fraction of sp³-hybridized carbons (Fsp3) is 0.357. The lowest BCUT2D eigenvalue weighted by Crippen LogP contribution is -2.37. The van der Waals surface area contributed by atoms with Crippen LogP contribution >= 0.6 is 11.8 Å². The normalized spacial score (nSPS) is 26.6. The van der Waals surface area contributed by atoms with E-state index in [-0.39, 0.29) is 23.2 Å². The number of primary amides is 1. The Morgan fingerprint density at radius 2 is 1.88 bits per heavy atom. The number of alkyl halides is 3. The number of carbonyl (C=O) groups is 3. The Hall–Kier alpha value is -2.11. The van der Waals surface area contributed by atoms with Gasteiger partial charge in [0.2, 0.25) is 11.8 Å². The summed E-state index contributed by atoms with van der Waals surface area (Å²) in [6, 6.07) is 4.48. The van der Waals surface area contributed by atoms with Gasteiger partial charge in [-0.25, -0.2) is 0 Å². The summed E-state index contributed by atoms with van der Waals surface area (Å²) in [6.07, 6.45) is -1.10. The van der Waals surface area contributed by atoms with Crippen LogP contribution in [0.2, 0.25) is 0 Å². The van der Waals surface area contributed by atoms with E-state index >= 15 is 0 Å². The van der Waals surface area contributed by atoms with Gasteiger partial charge in [0.1, 0.15) is 6.54 Å². The molecular weight excluding hydrogens is 363 g/mol. The number of hydrogen-bond acceptors (Lipinski definition) is 6. The quantitative estimate of drug-likeness (QED) is 0.594. The van der Waals surface area contributed by atoms with E-state index in [0.29, 0.717) is 5.56 Å². The number of nitrogens with two attached hydrogens (primary N) is 1. The van der Waals surface area contributed by atoms with Gasteiger partial charge in [0.15, 0.2) is 6.10 Å². The Bertz CT molecular complexity index is 725. The van der Waals surface area contributed by atoms with Crippen molar-refractivity contribution in [2.24, 2.45) is 11.7 Å². The number of rotatable bonds is 4. The van der Waals surface area contributed by atoms with Crippen molar-refractivity contribution < 1.29 is 32.4 Å². The first-order valence-corrected chi connectivity index (χ1v) is 7.89. The van der Waals surface area contributed by atoms with Gasteiger partial charge in [0.25, 0.3) is 5.91 Å². The lowest BCUT2D eigenvalue weighted by molar-refractivity contribution is -0.176. The molecule has 0 bridgehead atoms. The minimum atomic E-state index is -4.42. The molecule has 0 saturated carbocycles. The summed E-state index contributed by atoms with van der Waals surface area (Å²) >= 11 is -0.269. The molecule has 0 radical (unpaired) electrons. The number of fused-ring (bicyclic) bond motifs is 1. The molecule has 3 N–H and O–H groups in total. The van der Waals surface area contributed by atoms with E-state index in [0.717, 1.165) is 5.06 Å². The smallest absolute Gasteiger partial charge is 0.368 e. The molecule has 2 heterocycles. The fourth-order valence-corrected chi connectivity index (χ4v) is 3.46. The minimum Gasteiger partial charge on any atom is -0.368 e. The van der Waals surface area contributed by atoms with Crippen LogP contribution in [0.1, 0.15) is 11.6 Å². The zero-order chi connectivity index (χ0) is 18.4. The van der Waals surface area contributed by atoms with E-state index in [1.165, 1.54) is 24.3 Å². The van der Waals surface area contributed by atoms with Crippen LogP contribution in [0.4, 0.5) is 13.2 Å². The predicted octanol–water partition coefficient (Wildman–Crippen LogP) is 0.713. The van der Waals surface area contributed by atoms with Crippen molar-refractivity contribution in [1.29, 1.82) is 0 Å². The molecule has 3 amide bonds. The first kappa shape index (κ1) is 17.7. The lowest BCUT2D eigenvalue weighted by atomic mass is 9.91. The van der Waals surface area contributed by atoms with Crippen molar-refractivity contribution >= 4 is 29.5 Å². The molecule has 2 fully saturated rings. The number of hydrogen-bond donors (Lipinski definition) is 2. The van der Waals surface area contributed by atoms with Crippen molar-refractivity contribution in [3.05, 3.63) is 29.8 Å². The molecule has 0 aliphatic carbocycles. The molecule has 0 aromatic heterocycles. The zero-order valence-electron chi connectivity index (χ0n) is 12.4. The highest BCUT2D eigenvalue weighted by Crippen LogP contribution is 2.43. The number of amides is 3. The van der Waals surface area contributed by atoms with Crippen LogP contribution in [-0.2, 0) is 19.2 Å². The number of halogens is 3. The second-order valence-electron chi connectivity index (χ2n) is 5.51. The third-order valence-electron chi connectivity index (χ3n) is 3.80. The van der Waals surface area contributed by atoms with E-state index in [1.807, 2.05) is 0 Å². The van der Waals surface area contributed by atoms with Gasteiger partial charge in [0, 0.05) is 4.90 Å². The molecule has 2 saturated heterocycles. The van der Waals surface area contributed by atoms with Gasteiger partial charge >= 0.3 is 5.51 Å². The third kappa shape index (κ3) is 3.62. The van der Waals surface area contributed by atoms with Crippen molar-refractivity contribution in [2.75, 3.05) is 6.54 Å². The highest BCUT2D eigenvalue weighted by atomic mass is 32.2. The summed E-state index contributed by atoms with van der Waals surface area (Å²) in [6.45, 7) is -0.364. The molecule has 1 aromatic carbocycles. The number of nitrogens with one attached hydrogen (secondary N) is 1. The fourth-order valence-electron chi connectivity index (χ4n) is 2.92. The first-order valence-electron chi connectivity index (χ1n) is 7.08. The molecule has 11 heteroatoms. The SMILES string of the molecule is NC(=O)CN1OC2C(=O)NC(=O)C2C1c1ccc(SC(F)(F)F)cc1. The van der Waals surface area contributed by atoms with Crippen LogP contribution in [0.3, 0.4) is 0 Å². The number of thioether (sulfide) groups is 1. The second-order valence-corrected chi connectivity index (χ2v) is 6.65. The molecule has 7 nitrogen and oxygen atoms in total. The average Bonchev–Trinajstić information content (AvgIpc) is 2.96. The van der Waals surface area contributed by atoms with Crippen LogP contribution < -0.4 is 11.1 Å². The topological polar surface area (TPSA) is 102 Å². The van der Waals surface area contributed by atoms with Crippen molar-refractivity contribution in [3.63, 3.8) is 0 Å². The molecule has 3 rings (SSSR count). The maximum absolute atomic E-state index is 12.4. The standard InChI is InChI=1S/C14H12F3N3O4S/c15-14(16,17)25-7-3-1-6(2-4-7)10-9-11(13(23)19-12(9)22)24-20(10)5-8(18)21/h1-4,9-11H,5H2,(H2,18,21)(H,19,22,23). The summed E-state index contributed by atoms with van der Waals surface area (Å²) in [5, 5.41) is 3.26. The summed E-state index contributed by atoms with van der Waals surface area (Å²) in [5.41, 5.74) is 1.17. The largest absolute Gasteiger partial charge is 0.446 e. The van der Waals surface area contributed by atoms with E-state index in [2.05, 4.69) is 5.32 Å². The summed E-state index contributed by atoms with van der Waals surface area (Å²) in [7, 11) is 0. The molecule has 3 atom stereocenters. The number of imide groups is 1. The van der Waals surface area contributed by atoms with E-state index in [4.69, 9.17) is 10.6 Å². The Balaban J connectivity index is 1.89. The third-order valence-corrected chi connectivity index (χ3v) is 4.54. The van der Waals surface area contributed by atoms with Crippen molar-refractivity contribution in [1.82, 2.24) is 10.4 Å². The molecule has 2 aliphatic heterocycles. The van der Waals surface area contributed by atoms with Crippen molar-refractivity contribution in [2.45, 2.75) is 22.5 Å². The van der Waals surface area contributed by atoms with E-state index in [9.17, 15) is 27.6 Å². The van der Waals surface area contributed by atoms with Crippen LogP contribution in [0.5, 0.6) is 0 Å². The van der Waals surface area contributed by atoms with Gasteiger partial charge in [-0.1, -0.05) is 12.1 Å². The lowest BCUT2D eigenvalue weighted by Gasteiger charge is -2.24. The molecule has 0 spiro atoms. The second kappa shape index (κ2) is 6.32. The molecule has 3 unspecified atom stereocenters. The molecule has 1 aromatic rings. The minimum absolute atomic E-state index is 0.0277. The summed E-state index contributed by atoms with van der Waals surface area (Å²) in [5.74, 6) is -2.84. The summed E-state index contributed by atoms with van der Waals surface area (Å²) < 4.78 is 37.2. The van der Waals surface area contributed by atoms with Gasteiger partial charge in [-0.3, -0.25) is 24.5 Å². The average molecular weight is 375 g/mol. The van der Waals surface area contributed by atoms with Gasteiger partial charge in [-0.15, -0.1) is 0 Å². The Morgan fingerprint density at radius 3 is 2.44 bits per heavy atom. The van der Waals surface area contributed by atoms with Crippen LogP contribution in [-0.4, -0.2) is 40.9 Å². The predicted molar refractivity (Wildman–Crippen MR) is 78.5 cm³/mol. The van der Waals surface area contributed by atoms with Crippen molar-refractivity contribution in [3.8, 4) is 0 Å². The Morgan fingerprint density at radius 1 is 1.24 bits per heavy atom. The highest BCUT2D eigenvalue weighted by molar-refractivity contribution is 8.00. The van der Waals surface area contributed by atoms with Crippen LogP contribution in [0.15, 0.2) is 29.2 Å². The maximum Gasteiger partial charge on any atom is 0.446 e. The Labute approximate surface area is 143 Å². The maximum atomic E-state index is 12.4. The zero-order valence-corrected chi connectivity index (χ0v) is 13.3. The first-order chi connectivity index (χ1) is 11.7. The van der Waals surface area contributed by atoms with E-state index < -0.39 is 41.3 Å². The number of nitrogens with zero attached hydrogens (tertiary/aromatic N) is 1. The van der Waals surface area contributed by atoms with Gasteiger partial charge in [-0.2, -0.15) is 18.2 Å². The highest BCUT2D eigenvalue weighted by Gasteiger charge is 2.56. The van der Waals surface area contributed by atoms with E-state index in [1.54, 1.807) is 0 Å². The molecule has 134 valence electrons. The molecule has 2 aliphatic rings. The van der Waals surface area contributed by atoms with Gasteiger partial charge < -0.3 is 5.73 Å². The molecular formula is C14H12F3N3O4S.